The molecule has 0 fully saturated rings. The Hall–Kier alpha value is -1.80. The summed E-state index contributed by atoms with van der Waals surface area (Å²) in [5.41, 5.74) is 2.68. The molecule has 1 aliphatic heterocycles. The summed E-state index contributed by atoms with van der Waals surface area (Å²) >= 11 is 6.17. The SMILES string of the molecule is CC1=Nc2ccccc2Oc2c(Cl)cccc21. The Morgan fingerprint density at radius 1 is 1.06 bits per heavy atom. The molecule has 0 saturated carbocycles. The number of rotatable bonds is 0. The summed E-state index contributed by atoms with van der Waals surface area (Å²) in [6.07, 6.45) is 0. The Kier molecular flexibility index (Phi) is 2.37. The molecule has 0 aromatic heterocycles. The molecule has 0 spiro atoms. The summed E-state index contributed by atoms with van der Waals surface area (Å²) in [7, 11) is 0. The average molecular weight is 244 g/mol. The average Bonchev–Trinajstić information content (AvgIpc) is 2.47. The molecular formula is C14H10ClNO. The summed E-state index contributed by atoms with van der Waals surface area (Å²) in [6.45, 7) is 1.96. The van der Waals surface area contributed by atoms with Crippen LogP contribution in [0, 0.1) is 0 Å². The van der Waals surface area contributed by atoms with Gasteiger partial charge in [-0.25, -0.2) is 4.99 Å². The van der Waals surface area contributed by atoms with Crippen LogP contribution in [0.1, 0.15) is 12.5 Å². The molecule has 1 aliphatic rings. The lowest BCUT2D eigenvalue weighted by atomic mass is 10.1. The second kappa shape index (κ2) is 3.90. The highest BCUT2D eigenvalue weighted by atomic mass is 35.5. The molecule has 0 unspecified atom stereocenters. The van der Waals surface area contributed by atoms with Gasteiger partial charge in [0.25, 0.3) is 0 Å². The van der Waals surface area contributed by atoms with Gasteiger partial charge in [0, 0.05) is 11.3 Å². The highest BCUT2D eigenvalue weighted by molar-refractivity contribution is 6.32. The van der Waals surface area contributed by atoms with E-state index in [9.17, 15) is 0 Å². The molecule has 17 heavy (non-hydrogen) atoms. The van der Waals surface area contributed by atoms with Crippen LogP contribution in [0.15, 0.2) is 47.5 Å². The number of ether oxygens (including phenoxy) is 1. The maximum atomic E-state index is 6.17. The summed E-state index contributed by atoms with van der Waals surface area (Å²) < 4.78 is 5.86. The summed E-state index contributed by atoms with van der Waals surface area (Å²) in [6, 6.07) is 13.4. The first kappa shape index (κ1) is 10.4. The third kappa shape index (κ3) is 1.71. The van der Waals surface area contributed by atoms with Crippen LogP contribution in [0.3, 0.4) is 0 Å². The number of halogens is 1. The lowest BCUT2D eigenvalue weighted by Gasteiger charge is -2.09. The molecule has 0 N–H and O–H groups in total. The van der Waals surface area contributed by atoms with Crippen molar-refractivity contribution < 1.29 is 4.74 Å². The molecule has 0 bridgehead atoms. The van der Waals surface area contributed by atoms with Gasteiger partial charge in [-0.1, -0.05) is 29.8 Å². The van der Waals surface area contributed by atoms with E-state index in [1.54, 1.807) is 0 Å². The number of hydrogen-bond acceptors (Lipinski definition) is 2. The number of benzene rings is 2. The first-order chi connectivity index (χ1) is 8.25. The van der Waals surface area contributed by atoms with Gasteiger partial charge in [0.15, 0.2) is 11.5 Å². The maximum absolute atomic E-state index is 6.17. The second-order valence-electron chi connectivity index (χ2n) is 3.88. The van der Waals surface area contributed by atoms with E-state index in [0.717, 1.165) is 22.7 Å². The summed E-state index contributed by atoms with van der Waals surface area (Å²) in [5.74, 6) is 1.42. The molecule has 3 rings (SSSR count). The highest BCUT2D eigenvalue weighted by Crippen LogP contribution is 2.40. The Bertz CT molecular complexity index is 619. The van der Waals surface area contributed by atoms with E-state index in [2.05, 4.69) is 4.99 Å². The summed E-state index contributed by atoms with van der Waals surface area (Å²) in [4.78, 5) is 4.56. The van der Waals surface area contributed by atoms with Crippen molar-refractivity contribution in [2.75, 3.05) is 0 Å². The van der Waals surface area contributed by atoms with Gasteiger partial charge in [0.2, 0.25) is 0 Å². The number of aliphatic imine (C=N–C) groups is 1. The van der Waals surface area contributed by atoms with Crippen molar-refractivity contribution in [3.05, 3.63) is 53.1 Å². The van der Waals surface area contributed by atoms with Gasteiger partial charge in [-0.3, -0.25) is 0 Å². The van der Waals surface area contributed by atoms with Gasteiger partial charge in [-0.05, 0) is 31.2 Å². The molecule has 2 aromatic carbocycles. The fourth-order valence-corrected chi connectivity index (χ4v) is 2.10. The van der Waals surface area contributed by atoms with E-state index in [-0.39, 0.29) is 0 Å². The molecule has 2 nitrogen and oxygen atoms in total. The van der Waals surface area contributed by atoms with E-state index in [1.807, 2.05) is 49.4 Å². The van der Waals surface area contributed by atoms with Crippen LogP contribution in [0.25, 0.3) is 0 Å². The minimum absolute atomic E-state index is 0.605. The molecule has 0 saturated heterocycles. The zero-order valence-electron chi connectivity index (χ0n) is 9.27. The van der Waals surface area contributed by atoms with Crippen molar-refractivity contribution in [1.29, 1.82) is 0 Å². The van der Waals surface area contributed by atoms with E-state index < -0.39 is 0 Å². The first-order valence-electron chi connectivity index (χ1n) is 5.37. The van der Waals surface area contributed by atoms with Crippen LogP contribution in [0.5, 0.6) is 11.5 Å². The third-order valence-electron chi connectivity index (χ3n) is 2.72. The van der Waals surface area contributed by atoms with Crippen LogP contribution >= 0.6 is 11.6 Å². The molecule has 3 heteroatoms. The van der Waals surface area contributed by atoms with Crippen LogP contribution in [0.2, 0.25) is 5.02 Å². The van der Waals surface area contributed by atoms with Crippen LogP contribution in [-0.4, -0.2) is 5.71 Å². The minimum atomic E-state index is 0.605. The molecule has 0 radical (unpaired) electrons. The highest BCUT2D eigenvalue weighted by Gasteiger charge is 2.17. The molecule has 0 amide bonds. The van der Waals surface area contributed by atoms with Crippen molar-refractivity contribution >= 4 is 23.0 Å². The van der Waals surface area contributed by atoms with Gasteiger partial charge in [-0.15, -0.1) is 0 Å². The number of nitrogens with zero attached hydrogens (tertiary/aromatic N) is 1. The fraction of sp³-hybridized carbons (Fsp3) is 0.0714. The Morgan fingerprint density at radius 2 is 1.88 bits per heavy atom. The predicted octanol–water partition coefficient (Wildman–Crippen LogP) is 4.59. The van der Waals surface area contributed by atoms with E-state index >= 15 is 0 Å². The maximum Gasteiger partial charge on any atom is 0.155 e. The Morgan fingerprint density at radius 3 is 2.76 bits per heavy atom. The van der Waals surface area contributed by atoms with Crippen molar-refractivity contribution in [3.63, 3.8) is 0 Å². The quantitative estimate of drug-likeness (QED) is 0.663. The summed E-state index contributed by atoms with van der Waals surface area (Å²) in [5, 5.41) is 0.605. The molecule has 0 atom stereocenters. The Balaban J connectivity index is 2.28. The largest absolute Gasteiger partial charge is 0.453 e. The van der Waals surface area contributed by atoms with Crippen LogP contribution < -0.4 is 4.74 Å². The normalized spacial score (nSPS) is 12.9. The lowest BCUT2D eigenvalue weighted by molar-refractivity contribution is 0.485. The number of para-hydroxylation sites is 3. The minimum Gasteiger partial charge on any atom is -0.453 e. The van der Waals surface area contributed by atoms with E-state index in [1.165, 1.54) is 0 Å². The third-order valence-corrected chi connectivity index (χ3v) is 3.02. The van der Waals surface area contributed by atoms with Gasteiger partial charge in [0.1, 0.15) is 5.69 Å². The van der Waals surface area contributed by atoms with Crippen LogP contribution in [0.4, 0.5) is 5.69 Å². The molecule has 1 heterocycles. The van der Waals surface area contributed by atoms with Gasteiger partial charge < -0.3 is 4.74 Å². The molecule has 84 valence electrons. The predicted molar refractivity (Wildman–Crippen MR) is 69.8 cm³/mol. The van der Waals surface area contributed by atoms with Gasteiger partial charge in [-0.2, -0.15) is 0 Å². The second-order valence-corrected chi connectivity index (χ2v) is 4.29. The van der Waals surface area contributed by atoms with Gasteiger partial charge in [0.05, 0.1) is 5.02 Å². The monoisotopic (exact) mass is 243 g/mol. The van der Waals surface area contributed by atoms with Crippen LogP contribution in [-0.2, 0) is 0 Å². The molecule has 2 aromatic rings. The van der Waals surface area contributed by atoms with Crippen molar-refractivity contribution in [2.24, 2.45) is 4.99 Å². The van der Waals surface area contributed by atoms with Gasteiger partial charge >= 0.3 is 0 Å². The number of hydrogen-bond donors (Lipinski definition) is 0. The number of fused-ring (bicyclic) bond motifs is 2. The zero-order valence-corrected chi connectivity index (χ0v) is 10.0. The van der Waals surface area contributed by atoms with Crippen molar-refractivity contribution in [1.82, 2.24) is 0 Å². The molecule has 0 aliphatic carbocycles. The first-order valence-corrected chi connectivity index (χ1v) is 5.74. The van der Waals surface area contributed by atoms with E-state index in [4.69, 9.17) is 16.3 Å². The topological polar surface area (TPSA) is 21.6 Å². The Labute approximate surface area is 105 Å². The molecular weight excluding hydrogens is 234 g/mol. The van der Waals surface area contributed by atoms with Crippen molar-refractivity contribution in [2.45, 2.75) is 6.92 Å². The zero-order chi connectivity index (χ0) is 11.8. The van der Waals surface area contributed by atoms with E-state index in [0.29, 0.717) is 10.8 Å². The fourth-order valence-electron chi connectivity index (χ4n) is 1.88. The standard InChI is InChI=1S/C14H10ClNO/c1-9-10-5-4-6-11(15)14(10)17-13-8-3-2-7-12(13)16-9/h2-8H,1H3. The smallest absolute Gasteiger partial charge is 0.155 e. The van der Waals surface area contributed by atoms with Crippen molar-refractivity contribution in [3.8, 4) is 11.5 Å². The lowest BCUT2D eigenvalue weighted by Crippen LogP contribution is -1.95.